The number of rotatable bonds is 6. The van der Waals surface area contributed by atoms with Crippen LogP contribution in [0.4, 0.5) is 11.4 Å². The summed E-state index contributed by atoms with van der Waals surface area (Å²) in [5.74, 6) is 0.245. The third kappa shape index (κ3) is 5.19. The van der Waals surface area contributed by atoms with Gasteiger partial charge < -0.3 is 10.1 Å². The third-order valence-electron chi connectivity index (χ3n) is 4.96. The number of halogens is 2. The average molecular weight is 497 g/mol. The van der Waals surface area contributed by atoms with Crippen molar-refractivity contribution in [3.05, 3.63) is 97.6 Å². The summed E-state index contributed by atoms with van der Waals surface area (Å²) in [4.78, 5) is 23.7. The normalized spacial score (nSPS) is 10.7. The van der Waals surface area contributed by atoms with E-state index in [1.807, 2.05) is 32.0 Å². The lowest BCUT2D eigenvalue weighted by Crippen LogP contribution is -2.12. The first-order chi connectivity index (χ1) is 16.2. The Morgan fingerprint density at radius 2 is 1.85 bits per heavy atom. The maximum Gasteiger partial charge on any atom is 0.275 e. The fourth-order valence-corrected chi connectivity index (χ4v) is 3.74. The van der Waals surface area contributed by atoms with Gasteiger partial charge >= 0.3 is 0 Å². The number of hydrogen-bond donors (Lipinski definition) is 2. The molecular weight excluding hydrogens is 479 g/mol. The van der Waals surface area contributed by atoms with Crippen LogP contribution in [0.5, 0.6) is 11.5 Å². The van der Waals surface area contributed by atoms with Gasteiger partial charge in [-0.1, -0.05) is 35.3 Å². The first kappa shape index (κ1) is 23.3. The standard InChI is InChI=1S/C24H18Cl2N4O4/c1-13-3-4-14(2)23(7-13)34-18-10-16(9-17(11-18)30(32)33)27-24(31)22-12-21(28-29-22)19-6-5-15(25)8-20(19)26/h3-12H,1-2H3,(H,27,31)(H,28,29). The van der Waals surface area contributed by atoms with Crippen LogP contribution >= 0.6 is 23.2 Å². The molecule has 0 unspecified atom stereocenters. The molecule has 4 aromatic rings. The van der Waals surface area contributed by atoms with Gasteiger partial charge in [0.05, 0.1) is 27.4 Å². The summed E-state index contributed by atoms with van der Waals surface area (Å²) in [5, 5.41) is 21.7. The third-order valence-corrected chi connectivity index (χ3v) is 5.51. The molecule has 0 aliphatic heterocycles. The minimum atomic E-state index is -0.553. The number of aromatic nitrogens is 2. The number of nitro benzene ring substituents is 1. The summed E-state index contributed by atoms with van der Waals surface area (Å²) in [6.07, 6.45) is 0. The summed E-state index contributed by atoms with van der Waals surface area (Å²) >= 11 is 12.1. The lowest BCUT2D eigenvalue weighted by molar-refractivity contribution is -0.384. The fourth-order valence-electron chi connectivity index (χ4n) is 3.24. The molecule has 1 heterocycles. The number of non-ortho nitro benzene ring substituents is 1. The predicted octanol–water partition coefficient (Wildman–Crippen LogP) is 6.95. The Kier molecular flexibility index (Phi) is 6.54. The van der Waals surface area contributed by atoms with Crippen LogP contribution in [0.2, 0.25) is 10.0 Å². The van der Waals surface area contributed by atoms with Crippen LogP contribution in [0, 0.1) is 24.0 Å². The molecule has 0 saturated carbocycles. The number of nitrogens with one attached hydrogen (secondary N) is 2. The number of carbonyl (C=O) groups is 1. The molecule has 0 bridgehead atoms. The largest absolute Gasteiger partial charge is 0.457 e. The lowest BCUT2D eigenvalue weighted by Gasteiger charge is -2.11. The molecule has 0 atom stereocenters. The average Bonchev–Trinajstić information content (AvgIpc) is 3.26. The molecule has 172 valence electrons. The highest BCUT2D eigenvalue weighted by atomic mass is 35.5. The predicted molar refractivity (Wildman–Crippen MR) is 131 cm³/mol. The van der Waals surface area contributed by atoms with Crippen LogP contribution in [-0.4, -0.2) is 21.0 Å². The molecule has 0 spiro atoms. The lowest BCUT2D eigenvalue weighted by atomic mass is 10.1. The first-order valence-electron chi connectivity index (χ1n) is 10.1. The molecule has 34 heavy (non-hydrogen) atoms. The van der Waals surface area contributed by atoms with Crippen LogP contribution in [0.1, 0.15) is 21.6 Å². The minimum absolute atomic E-state index is 0.143. The number of aryl methyl sites for hydroxylation is 2. The van der Waals surface area contributed by atoms with Crippen LogP contribution in [0.15, 0.2) is 60.7 Å². The van der Waals surface area contributed by atoms with Gasteiger partial charge in [0.25, 0.3) is 11.6 Å². The van der Waals surface area contributed by atoms with Gasteiger partial charge in [0.1, 0.15) is 17.2 Å². The van der Waals surface area contributed by atoms with Crippen molar-refractivity contribution in [2.24, 2.45) is 0 Å². The fraction of sp³-hybridized carbons (Fsp3) is 0.0833. The number of ether oxygens (including phenoxy) is 1. The maximum absolute atomic E-state index is 12.8. The SMILES string of the molecule is Cc1ccc(C)c(Oc2cc(NC(=O)c3cc(-c4ccc(Cl)cc4Cl)n[nH]3)cc([N+](=O)[O-])c2)c1. The van der Waals surface area contributed by atoms with Gasteiger partial charge in [-0.15, -0.1) is 0 Å². The molecule has 1 amide bonds. The maximum atomic E-state index is 12.8. The highest BCUT2D eigenvalue weighted by Gasteiger charge is 2.17. The summed E-state index contributed by atoms with van der Waals surface area (Å²) in [6.45, 7) is 3.79. The van der Waals surface area contributed by atoms with E-state index in [9.17, 15) is 14.9 Å². The molecule has 4 rings (SSSR count). The summed E-state index contributed by atoms with van der Waals surface area (Å²) < 4.78 is 5.89. The second kappa shape index (κ2) is 9.54. The van der Waals surface area contributed by atoms with Gasteiger partial charge in [-0.25, -0.2) is 0 Å². The van der Waals surface area contributed by atoms with Gasteiger partial charge in [-0.3, -0.25) is 20.0 Å². The molecule has 8 nitrogen and oxygen atoms in total. The Labute approximate surface area is 204 Å². The van der Waals surface area contributed by atoms with E-state index in [0.717, 1.165) is 11.1 Å². The molecule has 0 aliphatic carbocycles. The number of aromatic amines is 1. The number of hydrogen-bond acceptors (Lipinski definition) is 5. The monoisotopic (exact) mass is 496 g/mol. The number of carbonyl (C=O) groups excluding carboxylic acids is 1. The van der Waals surface area contributed by atoms with E-state index in [2.05, 4.69) is 15.5 Å². The van der Waals surface area contributed by atoms with Crippen molar-refractivity contribution >= 4 is 40.5 Å². The first-order valence-corrected chi connectivity index (χ1v) is 10.8. The van der Waals surface area contributed by atoms with E-state index >= 15 is 0 Å². The molecule has 10 heteroatoms. The number of anilines is 1. The number of benzene rings is 3. The highest BCUT2D eigenvalue weighted by molar-refractivity contribution is 6.36. The Morgan fingerprint density at radius 1 is 1.06 bits per heavy atom. The Hall–Kier alpha value is -3.88. The van der Waals surface area contributed by atoms with Crippen LogP contribution in [-0.2, 0) is 0 Å². The van der Waals surface area contributed by atoms with Crippen molar-refractivity contribution in [2.75, 3.05) is 5.32 Å². The Bertz CT molecular complexity index is 1420. The quantitative estimate of drug-likeness (QED) is 0.221. The molecule has 0 radical (unpaired) electrons. The van der Waals surface area contributed by atoms with Gasteiger partial charge in [0.2, 0.25) is 0 Å². The summed E-state index contributed by atoms with van der Waals surface area (Å²) in [5.41, 5.74) is 3.01. The van der Waals surface area contributed by atoms with Crippen molar-refractivity contribution in [2.45, 2.75) is 13.8 Å². The van der Waals surface area contributed by atoms with Crippen LogP contribution in [0.25, 0.3) is 11.3 Å². The van der Waals surface area contributed by atoms with E-state index in [0.29, 0.717) is 27.1 Å². The number of nitrogens with zero attached hydrogens (tertiary/aromatic N) is 2. The van der Waals surface area contributed by atoms with Crippen molar-refractivity contribution in [3.63, 3.8) is 0 Å². The number of H-pyrrole nitrogens is 1. The van der Waals surface area contributed by atoms with Gasteiger partial charge in [0.15, 0.2) is 0 Å². The highest BCUT2D eigenvalue weighted by Crippen LogP contribution is 2.33. The van der Waals surface area contributed by atoms with Crippen molar-refractivity contribution < 1.29 is 14.5 Å². The van der Waals surface area contributed by atoms with E-state index in [1.54, 1.807) is 18.2 Å². The van der Waals surface area contributed by atoms with Crippen molar-refractivity contribution in [3.8, 4) is 22.8 Å². The molecule has 0 saturated heterocycles. The zero-order valence-electron chi connectivity index (χ0n) is 18.1. The Morgan fingerprint density at radius 3 is 2.59 bits per heavy atom. The zero-order chi connectivity index (χ0) is 24.4. The smallest absolute Gasteiger partial charge is 0.275 e. The molecule has 2 N–H and O–H groups in total. The van der Waals surface area contributed by atoms with Crippen molar-refractivity contribution in [1.29, 1.82) is 0 Å². The molecular formula is C24H18Cl2N4O4. The van der Waals surface area contributed by atoms with E-state index < -0.39 is 10.8 Å². The van der Waals surface area contributed by atoms with Gasteiger partial charge in [-0.2, -0.15) is 5.10 Å². The molecule has 0 fully saturated rings. The second-order valence-corrected chi connectivity index (χ2v) is 8.43. The summed E-state index contributed by atoms with van der Waals surface area (Å²) in [6, 6.07) is 16.2. The molecule has 1 aromatic heterocycles. The summed E-state index contributed by atoms with van der Waals surface area (Å²) in [7, 11) is 0. The van der Waals surface area contributed by atoms with Crippen molar-refractivity contribution in [1.82, 2.24) is 10.2 Å². The Balaban J connectivity index is 1.59. The van der Waals surface area contributed by atoms with E-state index in [1.165, 1.54) is 24.3 Å². The van der Waals surface area contributed by atoms with E-state index in [-0.39, 0.29) is 22.8 Å². The number of amides is 1. The zero-order valence-corrected chi connectivity index (χ0v) is 19.6. The van der Waals surface area contributed by atoms with Gasteiger partial charge in [-0.05, 0) is 55.3 Å². The van der Waals surface area contributed by atoms with Crippen LogP contribution < -0.4 is 10.1 Å². The topological polar surface area (TPSA) is 110 Å². The second-order valence-electron chi connectivity index (χ2n) is 7.59. The van der Waals surface area contributed by atoms with Crippen LogP contribution in [0.3, 0.4) is 0 Å². The minimum Gasteiger partial charge on any atom is -0.457 e. The molecule has 3 aromatic carbocycles. The van der Waals surface area contributed by atoms with E-state index in [4.69, 9.17) is 27.9 Å². The molecule has 0 aliphatic rings. The van der Waals surface area contributed by atoms with Gasteiger partial charge in [0, 0.05) is 22.7 Å². The number of nitro groups is 1.